The molecule has 5 nitrogen and oxygen atoms in total. The zero-order valence-corrected chi connectivity index (χ0v) is 9.74. The van der Waals surface area contributed by atoms with Crippen LogP contribution >= 0.6 is 11.3 Å². The highest BCUT2D eigenvalue weighted by Crippen LogP contribution is 2.21. The predicted octanol–water partition coefficient (Wildman–Crippen LogP) is 1.31. The number of nitrogens with zero attached hydrogens (tertiary/aromatic N) is 2. The second-order valence-corrected chi connectivity index (χ2v) is 4.23. The van der Waals surface area contributed by atoms with Crippen LogP contribution in [0.5, 0.6) is 0 Å². The molecule has 0 fully saturated rings. The Kier molecular flexibility index (Phi) is 3.66. The number of nitrogens with two attached hydrogens (primary N) is 1. The molecular formula is C10H13N3O2S. The molecule has 0 aromatic carbocycles. The topological polar surface area (TPSA) is 74.2 Å². The maximum atomic E-state index is 5.52. The molecular weight excluding hydrogens is 226 g/mol. The van der Waals surface area contributed by atoms with Crippen LogP contribution in [0.2, 0.25) is 0 Å². The lowest BCUT2D eigenvalue weighted by atomic mass is 10.2. The zero-order valence-electron chi connectivity index (χ0n) is 8.92. The van der Waals surface area contributed by atoms with Crippen LogP contribution in [0.25, 0.3) is 10.7 Å². The molecule has 0 aliphatic carbocycles. The summed E-state index contributed by atoms with van der Waals surface area (Å²) in [5.74, 6) is 1.18. The van der Waals surface area contributed by atoms with Gasteiger partial charge in [-0.15, -0.1) is 11.3 Å². The first-order valence-corrected chi connectivity index (χ1v) is 5.80. The summed E-state index contributed by atoms with van der Waals surface area (Å²) in [7, 11) is 1.62. The highest BCUT2D eigenvalue weighted by atomic mass is 32.1. The molecule has 0 aliphatic heterocycles. The average Bonchev–Trinajstić information content (AvgIpc) is 2.96. The third kappa shape index (κ3) is 2.46. The van der Waals surface area contributed by atoms with Crippen LogP contribution in [0, 0.1) is 0 Å². The van der Waals surface area contributed by atoms with E-state index in [0.29, 0.717) is 24.7 Å². The monoisotopic (exact) mass is 239 g/mol. The van der Waals surface area contributed by atoms with Gasteiger partial charge in [0.05, 0.1) is 17.4 Å². The van der Waals surface area contributed by atoms with E-state index in [-0.39, 0.29) is 6.10 Å². The quantitative estimate of drug-likeness (QED) is 0.851. The minimum atomic E-state index is -0.0726. The van der Waals surface area contributed by atoms with E-state index in [1.54, 1.807) is 18.4 Å². The minimum Gasteiger partial charge on any atom is -0.380 e. The van der Waals surface area contributed by atoms with Crippen LogP contribution in [-0.4, -0.2) is 29.9 Å². The molecule has 6 heteroatoms. The lowest BCUT2D eigenvalue weighted by molar-refractivity contribution is 0.102. The summed E-state index contributed by atoms with van der Waals surface area (Å²) in [4.78, 5) is 5.28. The van der Waals surface area contributed by atoms with E-state index in [4.69, 9.17) is 15.0 Å². The zero-order chi connectivity index (χ0) is 11.4. The van der Waals surface area contributed by atoms with Gasteiger partial charge in [0.25, 0.3) is 0 Å². The van der Waals surface area contributed by atoms with E-state index in [1.165, 1.54) is 0 Å². The van der Waals surface area contributed by atoms with Gasteiger partial charge in [-0.25, -0.2) is 0 Å². The molecule has 2 N–H and O–H groups in total. The summed E-state index contributed by atoms with van der Waals surface area (Å²) in [6, 6.07) is 3.91. The molecule has 2 aromatic rings. The minimum absolute atomic E-state index is 0.0726. The largest absolute Gasteiger partial charge is 0.380 e. The van der Waals surface area contributed by atoms with Crippen molar-refractivity contribution < 1.29 is 9.26 Å². The molecule has 0 amide bonds. The van der Waals surface area contributed by atoms with Crippen molar-refractivity contribution >= 4 is 11.3 Å². The Balaban J connectivity index is 2.08. The number of hydrogen-bond acceptors (Lipinski definition) is 6. The standard InChI is InChI=1S/C10H13N3O2S/c1-14-7(6-11)5-9-12-10(13-15-9)8-3-2-4-16-8/h2-4,7H,5-6,11H2,1H3. The van der Waals surface area contributed by atoms with Crippen LogP contribution < -0.4 is 5.73 Å². The molecule has 0 saturated heterocycles. The summed E-state index contributed by atoms with van der Waals surface area (Å²) in [6.07, 6.45) is 0.474. The van der Waals surface area contributed by atoms with E-state index < -0.39 is 0 Å². The number of thiophene rings is 1. The van der Waals surface area contributed by atoms with Crippen molar-refractivity contribution in [3.05, 3.63) is 23.4 Å². The molecule has 1 atom stereocenters. The predicted molar refractivity (Wildman–Crippen MR) is 61.2 cm³/mol. The lowest BCUT2D eigenvalue weighted by Gasteiger charge is -2.08. The molecule has 2 aromatic heterocycles. The van der Waals surface area contributed by atoms with Crippen molar-refractivity contribution in [3.63, 3.8) is 0 Å². The van der Waals surface area contributed by atoms with Crippen LogP contribution in [0.4, 0.5) is 0 Å². The normalized spacial score (nSPS) is 12.9. The van der Waals surface area contributed by atoms with Gasteiger partial charge >= 0.3 is 0 Å². The number of aromatic nitrogens is 2. The number of rotatable bonds is 5. The molecule has 2 heterocycles. The van der Waals surface area contributed by atoms with E-state index in [1.807, 2.05) is 17.5 Å². The van der Waals surface area contributed by atoms with Crippen LogP contribution in [-0.2, 0) is 11.2 Å². The van der Waals surface area contributed by atoms with Gasteiger partial charge in [-0.3, -0.25) is 0 Å². The average molecular weight is 239 g/mol. The summed E-state index contributed by atoms with van der Waals surface area (Å²) >= 11 is 1.58. The summed E-state index contributed by atoms with van der Waals surface area (Å²) in [6.45, 7) is 0.438. The Morgan fingerprint density at radius 3 is 3.12 bits per heavy atom. The Hall–Kier alpha value is -1.24. The van der Waals surface area contributed by atoms with E-state index in [0.717, 1.165) is 4.88 Å². The van der Waals surface area contributed by atoms with Gasteiger partial charge in [0, 0.05) is 13.7 Å². The summed E-state index contributed by atoms with van der Waals surface area (Å²) in [5, 5.41) is 5.88. The molecule has 0 saturated carbocycles. The SMILES string of the molecule is COC(CN)Cc1nc(-c2cccs2)no1. The summed E-state index contributed by atoms with van der Waals surface area (Å²) in [5.41, 5.74) is 5.52. The maximum Gasteiger partial charge on any atom is 0.229 e. The second-order valence-electron chi connectivity index (χ2n) is 3.29. The Morgan fingerprint density at radius 1 is 1.62 bits per heavy atom. The molecule has 86 valence electrons. The van der Waals surface area contributed by atoms with E-state index in [2.05, 4.69) is 10.1 Å². The van der Waals surface area contributed by atoms with Gasteiger partial charge in [-0.05, 0) is 11.4 Å². The highest BCUT2D eigenvalue weighted by molar-refractivity contribution is 7.13. The third-order valence-electron chi connectivity index (χ3n) is 2.21. The highest BCUT2D eigenvalue weighted by Gasteiger charge is 2.13. The van der Waals surface area contributed by atoms with Gasteiger partial charge in [0.1, 0.15) is 0 Å². The molecule has 1 unspecified atom stereocenters. The van der Waals surface area contributed by atoms with Crippen LogP contribution in [0.1, 0.15) is 5.89 Å². The van der Waals surface area contributed by atoms with Gasteiger partial charge in [-0.1, -0.05) is 11.2 Å². The van der Waals surface area contributed by atoms with Crippen molar-refractivity contribution in [3.8, 4) is 10.7 Å². The number of methoxy groups -OCH3 is 1. The van der Waals surface area contributed by atoms with E-state index in [9.17, 15) is 0 Å². The van der Waals surface area contributed by atoms with Crippen molar-refractivity contribution in [2.45, 2.75) is 12.5 Å². The van der Waals surface area contributed by atoms with Crippen molar-refractivity contribution in [1.29, 1.82) is 0 Å². The fourth-order valence-corrected chi connectivity index (χ4v) is 1.95. The first-order chi connectivity index (χ1) is 7.83. The molecule has 0 spiro atoms. The number of hydrogen-bond donors (Lipinski definition) is 1. The molecule has 0 aliphatic rings. The maximum absolute atomic E-state index is 5.52. The first-order valence-electron chi connectivity index (χ1n) is 4.92. The van der Waals surface area contributed by atoms with Crippen LogP contribution in [0.15, 0.2) is 22.0 Å². The fraction of sp³-hybridized carbons (Fsp3) is 0.400. The smallest absolute Gasteiger partial charge is 0.229 e. The van der Waals surface area contributed by atoms with Gasteiger partial charge in [0.2, 0.25) is 11.7 Å². The van der Waals surface area contributed by atoms with Gasteiger partial charge in [0.15, 0.2) is 0 Å². The summed E-state index contributed by atoms with van der Waals surface area (Å²) < 4.78 is 10.3. The first kappa shape index (κ1) is 11.3. The van der Waals surface area contributed by atoms with Crippen molar-refractivity contribution in [2.75, 3.05) is 13.7 Å². The fourth-order valence-electron chi connectivity index (χ4n) is 1.30. The Morgan fingerprint density at radius 2 is 2.50 bits per heavy atom. The molecule has 16 heavy (non-hydrogen) atoms. The lowest BCUT2D eigenvalue weighted by Crippen LogP contribution is -2.24. The van der Waals surface area contributed by atoms with E-state index >= 15 is 0 Å². The molecule has 0 radical (unpaired) electrons. The van der Waals surface area contributed by atoms with Crippen LogP contribution in [0.3, 0.4) is 0 Å². The second kappa shape index (κ2) is 5.20. The molecule has 2 rings (SSSR count). The van der Waals surface area contributed by atoms with Gasteiger partial charge < -0.3 is 15.0 Å². The Bertz CT molecular complexity index is 423. The van der Waals surface area contributed by atoms with Crippen molar-refractivity contribution in [2.24, 2.45) is 5.73 Å². The molecule has 0 bridgehead atoms. The number of ether oxygens (including phenoxy) is 1. The van der Waals surface area contributed by atoms with Gasteiger partial charge in [-0.2, -0.15) is 4.98 Å². The Labute approximate surface area is 97.2 Å². The third-order valence-corrected chi connectivity index (χ3v) is 3.07. The van der Waals surface area contributed by atoms with Crippen molar-refractivity contribution in [1.82, 2.24) is 10.1 Å².